The third-order valence-corrected chi connectivity index (χ3v) is 2.89. The summed E-state index contributed by atoms with van der Waals surface area (Å²) in [5.41, 5.74) is 5.45. The molecule has 20 heavy (non-hydrogen) atoms. The third-order valence-electron chi connectivity index (χ3n) is 2.89. The van der Waals surface area contributed by atoms with Gasteiger partial charge in [-0.3, -0.25) is 9.69 Å². The molecule has 1 unspecified atom stereocenters. The van der Waals surface area contributed by atoms with Crippen LogP contribution >= 0.6 is 0 Å². The van der Waals surface area contributed by atoms with Gasteiger partial charge in [0.1, 0.15) is 0 Å². The fraction of sp³-hybridized carbons (Fsp3) is 0.818. The minimum Gasteiger partial charge on any atom is -0.464 e. The SMILES string of the molecule is CCOC(=O)C(N)C(=O)N1CCN(CC(F)(F)F)CC1. The van der Waals surface area contributed by atoms with Crippen LogP contribution in [0.2, 0.25) is 0 Å². The first-order valence-electron chi connectivity index (χ1n) is 6.24. The topological polar surface area (TPSA) is 75.9 Å². The van der Waals surface area contributed by atoms with E-state index in [1.807, 2.05) is 0 Å². The molecule has 0 saturated carbocycles. The molecule has 9 heteroatoms. The lowest BCUT2D eigenvalue weighted by Crippen LogP contribution is -2.56. The van der Waals surface area contributed by atoms with Gasteiger partial charge < -0.3 is 15.4 Å². The molecule has 0 aromatic rings. The third kappa shape index (κ3) is 4.97. The van der Waals surface area contributed by atoms with E-state index in [1.54, 1.807) is 6.92 Å². The predicted octanol–water partition coefficient (Wildman–Crippen LogP) is -0.417. The quantitative estimate of drug-likeness (QED) is 0.563. The second-order valence-corrected chi connectivity index (χ2v) is 4.45. The molecule has 1 heterocycles. The van der Waals surface area contributed by atoms with E-state index in [0.29, 0.717) is 0 Å². The summed E-state index contributed by atoms with van der Waals surface area (Å²) in [5.74, 6) is -1.44. The number of piperazine rings is 1. The molecule has 0 aromatic heterocycles. The van der Waals surface area contributed by atoms with Gasteiger partial charge in [0, 0.05) is 26.2 Å². The Labute approximate surface area is 114 Å². The van der Waals surface area contributed by atoms with Crippen LogP contribution in [0.15, 0.2) is 0 Å². The largest absolute Gasteiger partial charge is 0.464 e. The molecule has 0 radical (unpaired) electrons. The first-order valence-corrected chi connectivity index (χ1v) is 6.24. The summed E-state index contributed by atoms with van der Waals surface area (Å²) in [7, 11) is 0. The summed E-state index contributed by atoms with van der Waals surface area (Å²) >= 11 is 0. The number of hydrogen-bond donors (Lipinski definition) is 1. The average molecular weight is 297 g/mol. The Bertz CT molecular complexity index is 355. The Kier molecular flexibility index (Phi) is 5.75. The van der Waals surface area contributed by atoms with Crippen molar-refractivity contribution in [3.8, 4) is 0 Å². The monoisotopic (exact) mass is 297 g/mol. The van der Waals surface area contributed by atoms with Crippen LogP contribution in [0.5, 0.6) is 0 Å². The molecule has 0 spiro atoms. The highest BCUT2D eigenvalue weighted by atomic mass is 19.4. The van der Waals surface area contributed by atoms with Crippen LogP contribution in [-0.4, -0.2) is 73.2 Å². The first kappa shape index (κ1) is 16.7. The minimum atomic E-state index is -4.26. The summed E-state index contributed by atoms with van der Waals surface area (Å²) in [6.45, 7) is 1.12. The van der Waals surface area contributed by atoms with Gasteiger partial charge in [0.25, 0.3) is 5.91 Å². The number of esters is 1. The van der Waals surface area contributed by atoms with Crippen molar-refractivity contribution in [2.24, 2.45) is 5.73 Å². The van der Waals surface area contributed by atoms with Crippen molar-refractivity contribution < 1.29 is 27.5 Å². The Balaban J connectivity index is 2.45. The van der Waals surface area contributed by atoms with Crippen molar-refractivity contribution in [3.63, 3.8) is 0 Å². The van der Waals surface area contributed by atoms with Crippen molar-refractivity contribution >= 4 is 11.9 Å². The van der Waals surface area contributed by atoms with Crippen molar-refractivity contribution in [2.45, 2.75) is 19.1 Å². The Morgan fingerprint density at radius 1 is 1.25 bits per heavy atom. The van der Waals surface area contributed by atoms with E-state index < -0.39 is 30.6 Å². The van der Waals surface area contributed by atoms with Crippen LogP contribution in [0.4, 0.5) is 13.2 Å². The van der Waals surface area contributed by atoms with Gasteiger partial charge in [-0.15, -0.1) is 0 Å². The second-order valence-electron chi connectivity index (χ2n) is 4.45. The molecule has 1 amide bonds. The number of nitrogens with zero attached hydrogens (tertiary/aromatic N) is 2. The van der Waals surface area contributed by atoms with Gasteiger partial charge in [0.05, 0.1) is 13.2 Å². The highest BCUT2D eigenvalue weighted by Crippen LogP contribution is 2.17. The maximum absolute atomic E-state index is 12.2. The number of alkyl halides is 3. The lowest BCUT2D eigenvalue weighted by Gasteiger charge is -2.35. The van der Waals surface area contributed by atoms with E-state index in [2.05, 4.69) is 4.74 Å². The minimum absolute atomic E-state index is 0.0980. The van der Waals surface area contributed by atoms with Gasteiger partial charge in [-0.05, 0) is 6.92 Å². The van der Waals surface area contributed by atoms with Crippen molar-refractivity contribution in [2.75, 3.05) is 39.3 Å². The predicted molar refractivity (Wildman–Crippen MR) is 63.7 cm³/mol. The summed E-state index contributed by atoms with van der Waals surface area (Å²) in [6.07, 6.45) is -4.26. The Hall–Kier alpha value is -1.35. The lowest BCUT2D eigenvalue weighted by atomic mass is 10.2. The molecule has 1 atom stereocenters. The van der Waals surface area contributed by atoms with Crippen molar-refractivity contribution in [3.05, 3.63) is 0 Å². The molecule has 116 valence electrons. The summed E-state index contributed by atoms with van der Waals surface area (Å²) in [6, 6.07) is -1.41. The highest BCUT2D eigenvalue weighted by Gasteiger charge is 2.34. The smallest absolute Gasteiger partial charge is 0.401 e. The van der Waals surface area contributed by atoms with Crippen LogP contribution in [0.3, 0.4) is 0 Å². The molecule has 0 aromatic carbocycles. The number of hydrogen-bond acceptors (Lipinski definition) is 5. The molecular formula is C11H18F3N3O3. The van der Waals surface area contributed by atoms with Gasteiger partial charge in [-0.2, -0.15) is 13.2 Å². The summed E-state index contributed by atoms with van der Waals surface area (Å²) in [5, 5.41) is 0. The van der Waals surface area contributed by atoms with Crippen LogP contribution in [0.25, 0.3) is 0 Å². The summed E-state index contributed by atoms with van der Waals surface area (Å²) < 4.78 is 41.3. The molecule has 1 aliphatic rings. The molecule has 1 aliphatic heterocycles. The van der Waals surface area contributed by atoms with Crippen LogP contribution in [0, 0.1) is 0 Å². The maximum atomic E-state index is 12.2. The van der Waals surface area contributed by atoms with Crippen molar-refractivity contribution in [1.82, 2.24) is 9.80 Å². The number of ether oxygens (including phenoxy) is 1. The van der Waals surface area contributed by atoms with Gasteiger partial charge in [-0.25, -0.2) is 4.79 Å². The number of carbonyl (C=O) groups is 2. The maximum Gasteiger partial charge on any atom is 0.401 e. The lowest BCUT2D eigenvalue weighted by molar-refractivity contribution is -0.155. The zero-order valence-corrected chi connectivity index (χ0v) is 11.2. The molecule has 2 N–H and O–H groups in total. The van der Waals surface area contributed by atoms with Gasteiger partial charge in [0.2, 0.25) is 0 Å². The molecule has 0 aliphatic carbocycles. The van der Waals surface area contributed by atoms with E-state index in [0.717, 1.165) is 0 Å². The highest BCUT2D eigenvalue weighted by molar-refractivity contribution is 6.01. The van der Waals surface area contributed by atoms with E-state index in [9.17, 15) is 22.8 Å². The zero-order chi connectivity index (χ0) is 15.3. The fourth-order valence-corrected chi connectivity index (χ4v) is 1.91. The molecule has 1 saturated heterocycles. The van der Waals surface area contributed by atoms with Gasteiger partial charge in [0.15, 0.2) is 6.04 Å². The second kappa shape index (κ2) is 6.89. The van der Waals surface area contributed by atoms with E-state index in [4.69, 9.17) is 5.73 Å². The van der Waals surface area contributed by atoms with E-state index in [1.165, 1.54) is 9.80 Å². The Morgan fingerprint density at radius 3 is 2.25 bits per heavy atom. The Morgan fingerprint density at radius 2 is 1.80 bits per heavy atom. The van der Waals surface area contributed by atoms with Crippen LogP contribution in [0.1, 0.15) is 6.92 Å². The van der Waals surface area contributed by atoms with Crippen molar-refractivity contribution in [1.29, 1.82) is 0 Å². The van der Waals surface area contributed by atoms with Gasteiger partial charge in [-0.1, -0.05) is 0 Å². The summed E-state index contributed by atoms with van der Waals surface area (Å²) in [4.78, 5) is 25.7. The molecule has 1 rings (SSSR count). The van der Waals surface area contributed by atoms with E-state index in [-0.39, 0.29) is 32.8 Å². The molecule has 0 bridgehead atoms. The number of carbonyl (C=O) groups excluding carboxylic acids is 2. The van der Waals surface area contributed by atoms with Crippen LogP contribution in [-0.2, 0) is 14.3 Å². The van der Waals surface area contributed by atoms with Gasteiger partial charge >= 0.3 is 12.1 Å². The standard InChI is InChI=1S/C11H18F3N3O3/c1-2-20-10(19)8(15)9(18)17-5-3-16(4-6-17)7-11(12,13)14/h8H,2-7,15H2,1H3. The number of rotatable bonds is 4. The number of halogens is 3. The van der Waals surface area contributed by atoms with Crippen LogP contribution < -0.4 is 5.73 Å². The molecule has 6 nitrogen and oxygen atoms in total. The first-order chi connectivity index (χ1) is 9.24. The average Bonchev–Trinajstić information content (AvgIpc) is 2.36. The fourth-order valence-electron chi connectivity index (χ4n) is 1.91. The molecule has 1 fully saturated rings. The number of nitrogens with two attached hydrogens (primary N) is 1. The molecular weight excluding hydrogens is 279 g/mol. The van der Waals surface area contributed by atoms with E-state index >= 15 is 0 Å². The zero-order valence-electron chi connectivity index (χ0n) is 11.2. The number of amides is 1. The normalized spacial score (nSPS) is 18.8.